The van der Waals surface area contributed by atoms with E-state index in [0.29, 0.717) is 13.2 Å². The van der Waals surface area contributed by atoms with Crippen molar-refractivity contribution < 1.29 is 9.84 Å². The number of hydrogen-bond donors (Lipinski definition) is 1. The molecule has 82 valence electrons. The molecule has 0 aliphatic carbocycles. The van der Waals surface area contributed by atoms with Crippen LogP contribution in [-0.4, -0.2) is 26.4 Å². The molecule has 1 aliphatic heterocycles. The van der Waals surface area contributed by atoms with Gasteiger partial charge in [-0.2, -0.15) is 0 Å². The molecule has 1 heterocycles. The number of aliphatic hydroxyl groups is 1. The Hall–Kier alpha value is -0.643. The van der Waals surface area contributed by atoms with Crippen LogP contribution in [0, 0.1) is 0 Å². The molecule has 0 unspecified atom stereocenters. The first-order chi connectivity index (χ1) is 6.92. The number of benzene rings is 1. The van der Waals surface area contributed by atoms with Crippen LogP contribution in [0.25, 0.3) is 0 Å². The van der Waals surface area contributed by atoms with Crippen molar-refractivity contribution in [3.8, 4) is 0 Å². The van der Waals surface area contributed by atoms with Crippen molar-refractivity contribution in [2.45, 2.75) is 25.2 Å². The van der Waals surface area contributed by atoms with Crippen LogP contribution in [0.4, 0.5) is 0 Å². The fourth-order valence-corrected chi connectivity index (χ4v) is 2.91. The first-order valence-electron chi connectivity index (χ1n) is 5.33. The van der Waals surface area contributed by atoms with Crippen molar-refractivity contribution in [2.24, 2.45) is 0 Å². The van der Waals surface area contributed by atoms with E-state index < -0.39 is 13.7 Å². The van der Waals surface area contributed by atoms with E-state index in [4.69, 9.17) is 4.74 Å². The molecule has 2 rings (SSSR count). The summed E-state index contributed by atoms with van der Waals surface area (Å²) in [5, 5.41) is 11.5. The van der Waals surface area contributed by atoms with E-state index in [-0.39, 0.29) is 0 Å². The van der Waals surface area contributed by atoms with Gasteiger partial charge in [-0.1, -0.05) is 49.1 Å². The van der Waals surface area contributed by atoms with E-state index in [2.05, 4.69) is 31.8 Å². The highest BCUT2D eigenvalue weighted by atomic mass is 28.3. The summed E-state index contributed by atoms with van der Waals surface area (Å²) in [5.74, 6) is 0. The zero-order chi connectivity index (χ0) is 11.1. The molecule has 1 N–H and O–H groups in total. The molecule has 1 aromatic rings. The fourth-order valence-electron chi connectivity index (χ4n) is 1.74. The molecule has 0 saturated carbocycles. The van der Waals surface area contributed by atoms with Crippen LogP contribution in [0.5, 0.6) is 0 Å². The zero-order valence-electron chi connectivity index (χ0n) is 9.58. The highest BCUT2D eigenvalue weighted by Crippen LogP contribution is 2.28. The molecule has 1 aliphatic rings. The van der Waals surface area contributed by atoms with Gasteiger partial charge in [0.1, 0.15) is 5.60 Å². The molecule has 0 atom stereocenters. The Morgan fingerprint density at radius 1 is 1.13 bits per heavy atom. The van der Waals surface area contributed by atoms with Gasteiger partial charge in [0.05, 0.1) is 21.3 Å². The quantitative estimate of drug-likeness (QED) is 0.768. The number of hydrogen-bond acceptors (Lipinski definition) is 2. The van der Waals surface area contributed by atoms with Crippen molar-refractivity contribution in [3.05, 3.63) is 29.8 Å². The smallest absolute Gasteiger partial charge is 0.136 e. The largest absolute Gasteiger partial charge is 0.380 e. The summed E-state index contributed by atoms with van der Waals surface area (Å²) < 4.78 is 5.05. The maximum atomic E-state index is 10.1. The standard InChI is InChI=1S/C12H18O2Si/c1-15(2,3)11-6-4-10(5-7-11)12(13)8-14-9-12/h4-7,13H,8-9H2,1-3H3. The van der Waals surface area contributed by atoms with Gasteiger partial charge < -0.3 is 9.84 Å². The summed E-state index contributed by atoms with van der Waals surface area (Å²) in [6.07, 6.45) is 0. The summed E-state index contributed by atoms with van der Waals surface area (Å²) in [7, 11) is -1.22. The Morgan fingerprint density at radius 3 is 2.00 bits per heavy atom. The Morgan fingerprint density at radius 2 is 1.67 bits per heavy atom. The third kappa shape index (κ3) is 2.00. The van der Waals surface area contributed by atoms with Gasteiger partial charge in [0.2, 0.25) is 0 Å². The van der Waals surface area contributed by atoms with E-state index in [1.807, 2.05) is 12.1 Å². The van der Waals surface area contributed by atoms with Crippen LogP contribution in [-0.2, 0) is 10.3 Å². The Balaban J connectivity index is 2.24. The minimum Gasteiger partial charge on any atom is -0.380 e. The molecule has 1 fully saturated rings. The van der Waals surface area contributed by atoms with Crippen molar-refractivity contribution in [1.29, 1.82) is 0 Å². The average Bonchev–Trinajstić information content (AvgIpc) is 2.13. The second kappa shape index (κ2) is 3.44. The van der Waals surface area contributed by atoms with Crippen LogP contribution in [0.15, 0.2) is 24.3 Å². The highest BCUT2D eigenvalue weighted by Gasteiger charge is 2.37. The van der Waals surface area contributed by atoms with Crippen LogP contribution in [0.3, 0.4) is 0 Å². The van der Waals surface area contributed by atoms with E-state index in [0.717, 1.165) is 5.56 Å². The normalized spacial score (nSPS) is 19.7. The topological polar surface area (TPSA) is 29.5 Å². The van der Waals surface area contributed by atoms with Gasteiger partial charge in [0, 0.05) is 0 Å². The average molecular weight is 222 g/mol. The van der Waals surface area contributed by atoms with E-state index in [9.17, 15) is 5.11 Å². The van der Waals surface area contributed by atoms with E-state index in [1.165, 1.54) is 5.19 Å². The van der Waals surface area contributed by atoms with Gasteiger partial charge in [0.25, 0.3) is 0 Å². The third-order valence-electron chi connectivity index (χ3n) is 2.97. The zero-order valence-corrected chi connectivity index (χ0v) is 10.6. The Labute approximate surface area is 91.9 Å². The maximum absolute atomic E-state index is 10.1. The third-order valence-corrected chi connectivity index (χ3v) is 5.04. The summed E-state index contributed by atoms with van der Waals surface area (Å²) in [4.78, 5) is 0. The second-order valence-corrected chi connectivity index (χ2v) is 10.4. The minimum atomic E-state index is -1.22. The van der Waals surface area contributed by atoms with E-state index in [1.54, 1.807) is 0 Å². The highest BCUT2D eigenvalue weighted by molar-refractivity contribution is 6.88. The Bertz CT molecular complexity index is 347. The van der Waals surface area contributed by atoms with Crippen molar-refractivity contribution in [3.63, 3.8) is 0 Å². The molecule has 2 nitrogen and oxygen atoms in total. The summed E-state index contributed by atoms with van der Waals surface area (Å²) in [6, 6.07) is 8.38. The second-order valence-electron chi connectivity index (χ2n) is 5.35. The van der Waals surface area contributed by atoms with Crippen LogP contribution < -0.4 is 5.19 Å². The predicted octanol–water partition coefficient (Wildman–Crippen LogP) is 1.45. The van der Waals surface area contributed by atoms with Crippen molar-refractivity contribution in [2.75, 3.05) is 13.2 Å². The van der Waals surface area contributed by atoms with Crippen molar-refractivity contribution >= 4 is 13.3 Å². The molecular formula is C12H18O2Si. The van der Waals surface area contributed by atoms with Crippen LogP contribution >= 0.6 is 0 Å². The first-order valence-corrected chi connectivity index (χ1v) is 8.83. The molecule has 1 saturated heterocycles. The van der Waals surface area contributed by atoms with Gasteiger partial charge >= 0.3 is 0 Å². The first kappa shape index (κ1) is 10.9. The van der Waals surface area contributed by atoms with Crippen molar-refractivity contribution in [1.82, 2.24) is 0 Å². The van der Waals surface area contributed by atoms with Gasteiger partial charge in [-0.3, -0.25) is 0 Å². The molecule has 0 amide bonds. The summed E-state index contributed by atoms with van der Waals surface area (Å²) >= 11 is 0. The van der Waals surface area contributed by atoms with Gasteiger partial charge in [0.15, 0.2) is 0 Å². The molecule has 3 heteroatoms. The van der Waals surface area contributed by atoms with Crippen LogP contribution in [0.2, 0.25) is 19.6 Å². The minimum absolute atomic E-state index is 0.430. The van der Waals surface area contributed by atoms with Crippen LogP contribution in [0.1, 0.15) is 5.56 Å². The lowest BCUT2D eigenvalue weighted by atomic mass is 9.92. The summed E-state index contributed by atoms with van der Waals surface area (Å²) in [5.41, 5.74) is 0.258. The maximum Gasteiger partial charge on any atom is 0.136 e. The van der Waals surface area contributed by atoms with Gasteiger partial charge in [-0.25, -0.2) is 0 Å². The predicted molar refractivity (Wildman–Crippen MR) is 64.1 cm³/mol. The lowest BCUT2D eigenvalue weighted by Gasteiger charge is -2.37. The molecule has 0 aromatic heterocycles. The molecule has 0 radical (unpaired) electrons. The Kier molecular flexibility index (Phi) is 2.49. The van der Waals surface area contributed by atoms with Gasteiger partial charge in [-0.05, 0) is 5.56 Å². The monoisotopic (exact) mass is 222 g/mol. The lowest BCUT2D eigenvalue weighted by molar-refractivity contribution is -0.184. The summed E-state index contributed by atoms with van der Waals surface area (Å²) in [6.45, 7) is 7.83. The molecule has 0 spiro atoms. The molecule has 15 heavy (non-hydrogen) atoms. The number of rotatable bonds is 2. The lowest BCUT2D eigenvalue weighted by Crippen LogP contribution is -2.47. The number of ether oxygens (including phenoxy) is 1. The molecular weight excluding hydrogens is 204 g/mol. The van der Waals surface area contributed by atoms with E-state index >= 15 is 0 Å². The molecule has 0 bridgehead atoms. The molecule has 1 aromatic carbocycles. The SMILES string of the molecule is C[Si](C)(C)c1ccc(C2(O)COC2)cc1. The fraction of sp³-hybridized carbons (Fsp3) is 0.500. The van der Waals surface area contributed by atoms with Gasteiger partial charge in [-0.15, -0.1) is 0 Å².